The van der Waals surface area contributed by atoms with Crippen molar-refractivity contribution in [1.82, 2.24) is 4.98 Å². The van der Waals surface area contributed by atoms with E-state index in [1.54, 1.807) is 12.1 Å². The molecule has 0 atom stereocenters. The lowest BCUT2D eigenvalue weighted by molar-refractivity contribution is 0.112. The zero-order valence-corrected chi connectivity index (χ0v) is 13.0. The second-order valence-electron chi connectivity index (χ2n) is 5.44. The molecule has 0 amide bonds. The summed E-state index contributed by atoms with van der Waals surface area (Å²) in [5.74, 6) is -0.301. The van der Waals surface area contributed by atoms with Crippen molar-refractivity contribution in [2.45, 2.75) is 13.8 Å². The highest BCUT2D eigenvalue weighted by Crippen LogP contribution is 2.37. The molecule has 0 bridgehead atoms. The molecule has 0 saturated heterocycles. The van der Waals surface area contributed by atoms with Crippen LogP contribution in [0.5, 0.6) is 0 Å². The van der Waals surface area contributed by atoms with Crippen molar-refractivity contribution >= 4 is 6.29 Å². The van der Waals surface area contributed by atoms with Crippen LogP contribution < -0.4 is 0 Å². The van der Waals surface area contributed by atoms with Gasteiger partial charge in [-0.25, -0.2) is 4.39 Å². The Kier molecular flexibility index (Phi) is 4.02. The molecule has 1 heterocycles. The zero-order valence-electron chi connectivity index (χ0n) is 13.0. The fraction of sp³-hybridized carbons (Fsp3) is 0.100. The quantitative estimate of drug-likeness (QED) is 0.638. The Morgan fingerprint density at radius 2 is 1.43 bits per heavy atom. The summed E-state index contributed by atoms with van der Waals surface area (Å²) < 4.78 is 13.3. The number of carbonyl (C=O) groups excluding carboxylic acids is 1. The predicted molar refractivity (Wildman–Crippen MR) is 89.9 cm³/mol. The van der Waals surface area contributed by atoms with Crippen molar-refractivity contribution in [3.8, 4) is 22.3 Å². The van der Waals surface area contributed by atoms with Gasteiger partial charge < -0.3 is 0 Å². The van der Waals surface area contributed by atoms with Gasteiger partial charge in [0.2, 0.25) is 0 Å². The summed E-state index contributed by atoms with van der Waals surface area (Å²) in [5.41, 5.74) is 5.57. The third kappa shape index (κ3) is 2.78. The zero-order chi connectivity index (χ0) is 16.4. The summed E-state index contributed by atoms with van der Waals surface area (Å²) >= 11 is 0. The van der Waals surface area contributed by atoms with Crippen LogP contribution in [-0.4, -0.2) is 11.3 Å². The molecule has 3 rings (SSSR count). The van der Waals surface area contributed by atoms with E-state index in [4.69, 9.17) is 0 Å². The first-order valence-electron chi connectivity index (χ1n) is 7.39. The van der Waals surface area contributed by atoms with E-state index in [1.165, 1.54) is 12.1 Å². The van der Waals surface area contributed by atoms with E-state index in [9.17, 15) is 9.18 Å². The van der Waals surface area contributed by atoms with Crippen LogP contribution in [0.4, 0.5) is 4.39 Å². The fourth-order valence-corrected chi connectivity index (χ4v) is 2.88. The summed E-state index contributed by atoms with van der Waals surface area (Å²) in [5, 5.41) is 0. The molecule has 2 nitrogen and oxygen atoms in total. The third-order valence-electron chi connectivity index (χ3n) is 3.92. The van der Waals surface area contributed by atoms with E-state index in [2.05, 4.69) is 4.98 Å². The number of aldehydes is 1. The lowest BCUT2D eigenvalue weighted by atomic mass is 9.89. The van der Waals surface area contributed by atoms with Gasteiger partial charge in [0.1, 0.15) is 5.82 Å². The molecule has 0 fully saturated rings. The van der Waals surface area contributed by atoms with Crippen molar-refractivity contribution in [3.05, 3.63) is 77.4 Å². The van der Waals surface area contributed by atoms with Gasteiger partial charge in [-0.1, -0.05) is 42.5 Å². The monoisotopic (exact) mass is 305 g/mol. The van der Waals surface area contributed by atoms with E-state index in [-0.39, 0.29) is 5.82 Å². The number of hydrogen-bond acceptors (Lipinski definition) is 2. The topological polar surface area (TPSA) is 30.0 Å². The molecule has 0 spiro atoms. The van der Waals surface area contributed by atoms with Crippen molar-refractivity contribution < 1.29 is 9.18 Å². The van der Waals surface area contributed by atoms with Crippen molar-refractivity contribution in [1.29, 1.82) is 0 Å². The van der Waals surface area contributed by atoms with Crippen molar-refractivity contribution in [2.24, 2.45) is 0 Å². The third-order valence-corrected chi connectivity index (χ3v) is 3.92. The second kappa shape index (κ2) is 6.13. The molecule has 0 aliphatic heterocycles. The van der Waals surface area contributed by atoms with Crippen LogP contribution in [0.15, 0.2) is 54.6 Å². The smallest absolute Gasteiger partial charge is 0.152 e. The van der Waals surface area contributed by atoms with Crippen LogP contribution in [-0.2, 0) is 0 Å². The van der Waals surface area contributed by atoms with E-state index >= 15 is 0 Å². The molecule has 0 radical (unpaired) electrons. The number of carbonyl (C=O) groups is 1. The van der Waals surface area contributed by atoms with Gasteiger partial charge in [0.05, 0.1) is 0 Å². The minimum absolute atomic E-state index is 0.301. The minimum Gasteiger partial charge on any atom is -0.298 e. The molecule has 0 unspecified atom stereocenters. The van der Waals surface area contributed by atoms with Gasteiger partial charge in [-0.15, -0.1) is 0 Å². The highest BCUT2D eigenvalue weighted by atomic mass is 19.1. The number of halogens is 1. The van der Waals surface area contributed by atoms with Crippen LogP contribution in [0.25, 0.3) is 22.3 Å². The molecule has 0 aliphatic rings. The highest BCUT2D eigenvalue weighted by Gasteiger charge is 2.18. The fourth-order valence-electron chi connectivity index (χ4n) is 2.88. The summed E-state index contributed by atoms with van der Waals surface area (Å²) in [6.45, 7) is 3.75. The van der Waals surface area contributed by atoms with Gasteiger partial charge in [0.25, 0.3) is 0 Å². The van der Waals surface area contributed by atoms with Gasteiger partial charge in [-0.2, -0.15) is 0 Å². The maximum Gasteiger partial charge on any atom is 0.152 e. The van der Waals surface area contributed by atoms with Crippen LogP contribution in [0.1, 0.15) is 21.7 Å². The molecule has 3 heteroatoms. The van der Waals surface area contributed by atoms with Gasteiger partial charge in [-0.05, 0) is 37.1 Å². The van der Waals surface area contributed by atoms with Crippen LogP contribution >= 0.6 is 0 Å². The first-order chi connectivity index (χ1) is 11.1. The van der Waals surface area contributed by atoms with Gasteiger partial charge in [0, 0.05) is 28.1 Å². The number of benzene rings is 2. The van der Waals surface area contributed by atoms with E-state index in [0.29, 0.717) is 11.3 Å². The second-order valence-corrected chi connectivity index (χ2v) is 5.44. The SMILES string of the molecule is Cc1nc(C)c(-c2ccccc2)c(-c2ccc(F)cc2)c1C=O. The summed E-state index contributed by atoms with van der Waals surface area (Å²) in [7, 11) is 0. The maximum absolute atomic E-state index is 13.3. The highest BCUT2D eigenvalue weighted by molar-refractivity contribution is 5.97. The Morgan fingerprint density at radius 1 is 0.826 bits per heavy atom. The summed E-state index contributed by atoms with van der Waals surface area (Å²) in [6.07, 6.45) is 0.826. The van der Waals surface area contributed by atoms with Crippen molar-refractivity contribution in [2.75, 3.05) is 0 Å². The Hall–Kier alpha value is -2.81. The van der Waals surface area contributed by atoms with Crippen molar-refractivity contribution in [3.63, 3.8) is 0 Å². The Bertz CT molecular complexity index is 855. The normalized spacial score (nSPS) is 10.6. The molecule has 0 N–H and O–H groups in total. The number of aromatic nitrogens is 1. The number of hydrogen-bond donors (Lipinski definition) is 0. The van der Waals surface area contributed by atoms with E-state index < -0.39 is 0 Å². The minimum atomic E-state index is -0.301. The number of aryl methyl sites for hydroxylation is 2. The number of pyridine rings is 1. The van der Waals surface area contributed by atoms with Gasteiger partial charge in [0.15, 0.2) is 6.29 Å². The van der Waals surface area contributed by atoms with E-state index in [0.717, 1.165) is 34.2 Å². The molecule has 23 heavy (non-hydrogen) atoms. The molecule has 1 aromatic heterocycles. The summed E-state index contributed by atoms with van der Waals surface area (Å²) in [6, 6.07) is 16.0. The Balaban J connectivity index is 2.39. The average molecular weight is 305 g/mol. The molecular formula is C20H16FNO. The maximum atomic E-state index is 13.3. The average Bonchev–Trinajstić information content (AvgIpc) is 2.56. The van der Waals surface area contributed by atoms with Crippen LogP contribution in [0.2, 0.25) is 0 Å². The Morgan fingerprint density at radius 3 is 2.04 bits per heavy atom. The summed E-state index contributed by atoms with van der Waals surface area (Å²) in [4.78, 5) is 16.2. The first kappa shape index (κ1) is 15.1. The molecule has 114 valence electrons. The van der Waals surface area contributed by atoms with E-state index in [1.807, 2.05) is 44.2 Å². The van der Waals surface area contributed by atoms with Crippen LogP contribution in [0, 0.1) is 19.7 Å². The molecule has 3 aromatic rings. The van der Waals surface area contributed by atoms with Crippen LogP contribution in [0.3, 0.4) is 0 Å². The largest absolute Gasteiger partial charge is 0.298 e. The van der Waals surface area contributed by atoms with Gasteiger partial charge in [-0.3, -0.25) is 9.78 Å². The molecule has 0 aliphatic carbocycles. The Labute approximate surface area is 134 Å². The predicted octanol–water partition coefficient (Wildman–Crippen LogP) is 4.98. The lowest BCUT2D eigenvalue weighted by Crippen LogP contribution is -2.02. The molecular weight excluding hydrogens is 289 g/mol. The molecule has 2 aromatic carbocycles. The lowest BCUT2D eigenvalue weighted by Gasteiger charge is -2.17. The molecule has 0 saturated carbocycles. The first-order valence-corrected chi connectivity index (χ1v) is 7.39. The van der Waals surface area contributed by atoms with Gasteiger partial charge >= 0.3 is 0 Å². The standard InChI is InChI=1S/C20H16FNO/c1-13-18(12-23)20(16-8-10-17(21)11-9-16)19(14(2)22-13)15-6-4-3-5-7-15/h3-12H,1-2H3. The number of rotatable bonds is 3. The number of nitrogens with zero attached hydrogens (tertiary/aromatic N) is 1.